The Kier molecular flexibility index (Phi) is 4.78. The van der Waals surface area contributed by atoms with Gasteiger partial charge in [-0.15, -0.1) is 0 Å². The molecule has 3 atom stereocenters. The van der Waals surface area contributed by atoms with Crippen LogP contribution in [0.2, 0.25) is 0 Å². The number of nitrogens with one attached hydrogen (secondary N) is 1. The number of hydrogen-bond acceptors (Lipinski definition) is 1. The highest BCUT2D eigenvalue weighted by molar-refractivity contribution is 5.98. The van der Waals surface area contributed by atoms with Crippen molar-refractivity contribution in [2.24, 2.45) is 11.8 Å². The summed E-state index contributed by atoms with van der Waals surface area (Å²) in [5, 5.41) is 6.58. The van der Waals surface area contributed by atoms with Gasteiger partial charge in [-0.3, -0.25) is 0 Å². The third kappa shape index (κ3) is 3.33. The van der Waals surface area contributed by atoms with Crippen molar-refractivity contribution in [2.45, 2.75) is 69.6 Å². The Hall–Kier alpha value is -2.28. The van der Waals surface area contributed by atoms with Crippen LogP contribution < -0.4 is 5.32 Å². The van der Waals surface area contributed by atoms with Gasteiger partial charge in [0.1, 0.15) is 0 Å². The van der Waals surface area contributed by atoms with E-state index in [0.29, 0.717) is 5.92 Å². The van der Waals surface area contributed by atoms with E-state index in [0.717, 1.165) is 17.8 Å². The highest BCUT2D eigenvalue weighted by Gasteiger charge is 2.39. The molecule has 0 saturated heterocycles. The second-order valence-corrected chi connectivity index (χ2v) is 10.1. The standard InChI is InChI=1S/C29H33N/c1-2-6-21(7-3-1)26-10-4-8-23-9-5-11-28(29(23)26)30-25-16-14-22(15-17-25)27-19-20-12-13-24(27)18-20/h4-5,8-11,14-17,20-21,24,27,30H,1-3,6-7,12-13,18-19H2. The van der Waals surface area contributed by atoms with E-state index in [1.54, 1.807) is 11.1 Å². The monoisotopic (exact) mass is 395 g/mol. The first-order valence-corrected chi connectivity index (χ1v) is 12.2. The van der Waals surface area contributed by atoms with Crippen molar-refractivity contribution in [2.75, 3.05) is 5.32 Å². The van der Waals surface area contributed by atoms with Crippen LogP contribution >= 0.6 is 0 Å². The summed E-state index contributed by atoms with van der Waals surface area (Å²) in [5.41, 5.74) is 5.59. The molecule has 6 rings (SSSR count). The van der Waals surface area contributed by atoms with Gasteiger partial charge in [0.2, 0.25) is 0 Å². The largest absolute Gasteiger partial charge is 0.355 e. The summed E-state index contributed by atoms with van der Waals surface area (Å²) in [6, 6.07) is 23.0. The maximum atomic E-state index is 3.78. The van der Waals surface area contributed by atoms with Gasteiger partial charge in [-0.05, 0) is 90.5 Å². The smallest absolute Gasteiger partial charge is 0.0466 e. The Labute approximate surface area is 180 Å². The molecule has 30 heavy (non-hydrogen) atoms. The van der Waals surface area contributed by atoms with E-state index in [1.165, 1.54) is 79.9 Å². The molecule has 0 aliphatic heterocycles. The molecule has 3 saturated carbocycles. The maximum Gasteiger partial charge on any atom is 0.0466 e. The van der Waals surface area contributed by atoms with Gasteiger partial charge in [0.25, 0.3) is 0 Å². The Bertz CT molecular complexity index is 1020. The van der Waals surface area contributed by atoms with Gasteiger partial charge in [-0.1, -0.05) is 68.1 Å². The zero-order chi connectivity index (χ0) is 19.9. The molecule has 0 amide bonds. The lowest BCUT2D eigenvalue weighted by Crippen LogP contribution is -2.08. The lowest BCUT2D eigenvalue weighted by molar-refractivity contribution is 0.420. The molecule has 2 bridgehead atoms. The highest BCUT2D eigenvalue weighted by atomic mass is 14.9. The minimum atomic E-state index is 0.713. The number of fused-ring (bicyclic) bond motifs is 3. The molecule has 3 aromatic carbocycles. The second-order valence-electron chi connectivity index (χ2n) is 10.1. The maximum absolute atomic E-state index is 3.78. The van der Waals surface area contributed by atoms with Crippen molar-refractivity contribution in [3.05, 3.63) is 71.8 Å². The molecule has 1 N–H and O–H groups in total. The van der Waals surface area contributed by atoms with Crippen LogP contribution in [-0.2, 0) is 0 Å². The molecule has 3 fully saturated rings. The minimum absolute atomic E-state index is 0.713. The van der Waals surface area contributed by atoms with Crippen molar-refractivity contribution >= 4 is 22.1 Å². The summed E-state index contributed by atoms with van der Waals surface area (Å²) in [6.45, 7) is 0. The summed E-state index contributed by atoms with van der Waals surface area (Å²) in [4.78, 5) is 0. The predicted octanol–water partition coefficient (Wildman–Crippen LogP) is 8.53. The van der Waals surface area contributed by atoms with Crippen molar-refractivity contribution in [3.63, 3.8) is 0 Å². The molecular weight excluding hydrogens is 362 g/mol. The van der Waals surface area contributed by atoms with E-state index in [9.17, 15) is 0 Å². The highest BCUT2D eigenvalue weighted by Crippen LogP contribution is 2.53. The topological polar surface area (TPSA) is 12.0 Å². The zero-order valence-corrected chi connectivity index (χ0v) is 17.9. The lowest BCUT2D eigenvalue weighted by Gasteiger charge is -2.25. The number of hydrogen-bond donors (Lipinski definition) is 1. The van der Waals surface area contributed by atoms with Gasteiger partial charge in [0.15, 0.2) is 0 Å². The van der Waals surface area contributed by atoms with E-state index >= 15 is 0 Å². The van der Waals surface area contributed by atoms with Crippen LogP contribution in [0.4, 0.5) is 11.4 Å². The molecule has 0 heterocycles. The summed E-state index contributed by atoms with van der Waals surface area (Å²) < 4.78 is 0. The molecule has 0 aromatic heterocycles. The summed E-state index contributed by atoms with van der Waals surface area (Å²) in [6.07, 6.45) is 12.7. The fourth-order valence-electron chi connectivity index (χ4n) is 6.85. The molecular formula is C29H33N. The van der Waals surface area contributed by atoms with Gasteiger partial charge in [0, 0.05) is 16.8 Å². The fraction of sp³-hybridized carbons (Fsp3) is 0.448. The van der Waals surface area contributed by atoms with E-state index in [4.69, 9.17) is 0 Å². The second kappa shape index (κ2) is 7.76. The summed E-state index contributed by atoms with van der Waals surface area (Å²) in [5.74, 6) is 3.48. The van der Waals surface area contributed by atoms with Crippen LogP contribution in [0.1, 0.15) is 80.8 Å². The average molecular weight is 396 g/mol. The molecule has 3 aliphatic rings. The van der Waals surface area contributed by atoms with Crippen LogP contribution in [0.15, 0.2) is 60.7 Å². The van der Waals surface area contributed by atoms with Crippen molar-refractivity contribution in [1.82, 2.24) is 0 Å². The zero-order valence-electron chi connectivity index (χ0n) is 17.9. The first kappa shape index (κ1) is 18.5. The van der Waals surface area contributed by atoms with E-state index < -0.39 is 0 Å². The van der Waals surface area contributed by atoms with Crippen LogP contribution in [-0.4, -0.2) is 0 Å². The van der Waals surface area contributed by atoms with E-state index in [-0.39, 0.29) is 0 Å². The fourth-order valence-corrected chi connectivity index (χ4v) is 6.85. The molecule has 3 unspecified atom stereocenters. The summed E-state index contributed by atoms with van der Waals surface area (Å²) >= 11 is 0. The number of rotatable bonds is 4. The molecule has 3 aromatic rings. The van der Waals surface area contributed by atoms with E-state index in [2.05, 4.69) is 66.0 Å². The van der Waals surface area contributed by atoms with Crippen molar-refractivity contribution in [3.8, 4) is 0 Å². The molecule has 1 heteroatoms. The van der Waals surface area contributed by atoms with E-state index in [1.807, 2.05) is 0 Å². The quantitative estimate of drug-likeness (QED) is 0.466. The molecule has 0 radical (unpaired) electrons. The first-order chi connectivity index (χ1) is 14.8. The number of benzene rings is 3. The van der Waals surface area contributed by atoms with Crippen LogP contribution in [0, 0.1) is 11.8 Å². The van der Waals surface area contributed by atoms with Crippen molar-refractivity contribution in [1.29, 1.82) is 0 Å². The SMILES string of the molecule is c1cc(Nc2ccc(C3CC4CCC3C4)cc2)c2c(C3CCCCC3)cccc2c1. The Morgan fingerprint density at radius 2 is 1.50 bits per heavy atom. The molecule has 0 spiro atoms. The third-order valence-corrected chi connectivity index (χ3v) is 8.34. The van der Waals surface area contributed by atoms with Gasteiger partial charge < -0.3 is 5.32 Å². The first-order valence-electron chi connectivity index (χ1n) is 12.2. The Morgan fingerprint density at radius 1 is 0.700 bits per heavy atom. The van der Waals surface area contributed by atoms with Gasteiger partial charge in [0.05, 0.1) is 0 Å². The van der Waals surface area contributed by atoms with Crippen molar-refractivity contribution < 1.29 is 0 Å². The Morgan fingerprint density at radius 3 is 2.23 bits per heavy atom. The number of anilines is 2. The van der Waals surface area contributed by atoms with Crippen LogP contribution in [0.25, 0.3) is 10.8 Å². The van der Waals surface area contributed by atoms with Gasteiger partial charge in [-0.2, -0.15) is 0 Å². The molecule has 1 nitrogen and oxygen atoms in total. The van der Waals surface area contributed by atoms with Gasteiger partial charge in [-0.25, -0.2) is 0 Å². The molecule has 154 valence electrons. The summed E-state index contributed by atoms with van der Waals surface area (Å²) in [7, 11) is 0. The van der Waals surface area contributed by atoms with Gasteiger partial charge >= 0.3 is 0 Å². The Balaban J connectivity index is 1.29. The molecule has 3 aliphatic carbocycles. The predicted molar refractivity (Wildman–Crippen MR) is 128 cm³/mol. The third-order valence-electron chi connectivity index (χ3n) is 8.34. The lowest BCUT2D eigenvalue weighted by atomic mass is 9.82. The van der Waals surface area contributed by atoms with Crippen LogP contribution in [0.3, 0.4) is 0 Å². The minimum Gasteiger partial charge on any atom is -0.355 e. The average Bonchev–Trinajstić information content (AvgIpc) is 3.44. The van der Waals surface area contributed by atoms with Crippen LogP contribution in [0.5, 0.6) is 0 Å². The normalized spacial score (nSPS) is 26.3.